The lowest BCUT2D eigenvalue weighted by molar-refractivity contribution is 0.0856. The van der Waals surface area contributed by atoms with E-state index >= 15 is 0 Å². The van der Waals surface area contributed by atoms with Crippen molar-refractivity contribution in [3.63, 3.8) is 0 Å². The Labute approximate surface area is 36.0 Å². The van der Waals surface area contributed by atoms with E-state index in [4.69, 9.17) is 0 Å². The number of rotatable bonds is 0. The lowest BCUT2D eigenvalue weighted by Gasteiger charge is -1.92. The quantitative estimate of drug-likeness (QED) is 0.400. The van der Waals surface area contributed by atoms with Gasteiger partial charge >= 0.3 is 0 Å². The predicted molar refractivity (Wildman–Crippen MR) is 20.1 cm³/mol. The molecule has 0 amide bonds. The summed E-state index contributed by atoms with van der Waals surface area (Å²) in [6.45, 7) is 1.80. The van der Waals surface area contributed by atoms with Gasteiger partial charge in [-0.15, -0.1) is 0 Å². The molecule has 3 heteroatoms. The fourth-order valence-electron chi connectivity index (χ4n) is 0.228. The summed E-state index contributed by atoms with van der Waals surface area (Å²) >= 11 is 0. The van der Waals surface area contributed by atoms with Crippen LogP contribution >= 0.6 is 0 Å². The lowest BCUT2D eigenvalue weighted by atomic mass is 10.7. The molecule has 0 aliphatic carbocycles. The van der Waals surface area contributed by atoms with Crippen molar-refractivity contribution in [2.75, 3.05) is 0 Å². The molecule has 1 aliphatic rings. The SMILES string of the molecule is CC1[N][C]=NO1. The largest absolute Gasteiger partial charge is 0.367 e. The van der Waals surface area contributed by atoms with Crippen molar-refractivity contribution in [3.05, 3.63) is 0 Å². The molecule has 32 valence electrons. The average Bonchev–Trinajstić information content (AvgIpc) is 1.86. The van der Waals surface area contributed by atoms with E-state index in [-0.39, 0.29) is 6.23 Å². The molecule has 6 heavy (non-hydrogen) atoms. The van der Waals surface area contributed by atoms with Gasteiger partial charge in [0.25, 0.3) is 0 Å². The lowest BCUT2D eigenvalue weighted by Crippen LogP contribution is -2.09. The standard InChI is InChI=1S/C3H4N2O/c1-3-4-2-5-6-3/h3H,1H3. The molecule has 0 fully saturated rings. The van der Waals surface area contributed by atoms with E-state index in [1.165, 1.54) is 0 Å². The topological polar surface area (TPSA) is 35.7 Å². The van der Waals surface area contributed by atoms with E-state index in [1.54, 1.807) is 6.92 Å². The summed E-state index contributed by atoms with van der Waals surface area (Å²) in [4.78, 5) is 4.50. The van der Waals surface area contributed by atoms with Crippen molar-refractivity contribution < 1.29 is 4.84 Å². The van der Waals surface area contributed by atoms with Crippen LogP contribution in [-0.2, 0) is 4.84 Å². The summed E-state index contributed by atoms with van der Waals surface area (Å²) in [5, 5.41) is 6.84. The molecular weight excluding hydrogens is 80.0 g/mol. The molecule has 0 saturated heterocycles. The second-order valence-electron chi connectivity index (χ2n) is 1.03. The molecular formula is C3H4N2O. The predicted octanol–water partition coefficient (Wildman–Crippen LogP) is -0.213. The van der Waals surface area contributed by atoms with Gasteiger partial charge < -0.3 is 4.84 Å². The Morgan fingerprint density at radius 1 is 1.83 bits per heavy atom. The number of hydrogen-bond donors (Lipinski definition) is 0. The first kappa shape index (κ1) is 3.46. The summed E-state index contributed by atoms with van der Waals surface area (Å²) < 4.78 is 0. The molecule has 1 unspecified atom stereocenters. The third-order valence-electron chi connectivity index (χ3n) is 0.486. The Morgan fingerprint density at radius 2 is 2.67 bits per heavy atom. The van der Waals surface area contributed by atoms with Gasteiger partial charge in [-0.05, 0) is 6.92 Å². The number of nitrogens with zero attached hydrogens (tertiary/aromatic N) is 2. The molecule has 0 aromatic rings. The van der Waals surface area contributed by atoms with E-state index in [0.717, 1.165) is 0 Å². The summed E-state index contributed by atoms with van der Waals surface area (Å²) in [6, 6.07) is 0. The molecule has 0 saturated carbocycles. The minimum atomic E-state index is -0.106. The second kappa shape index (κ2) is 1.16. The van der Waals surface area contributed by atoms with Crippen molar-refractivity contribution in [1.82, 2.24) is 5.32 Å². The molecule has 0 bridgehead atoms. The van der Waals surface area contributed by atoms with E-state index in [1.807, 2.05) is 0 Å². The maximum atomic E-state index is 4.50. The van der Waals surface area contributed by atoms with Crippen LogP contribution in [0.5, 0.6) is 0 Å². The van der Waals surface area contributed by atoms with Crippen molar-refractivity contribution in [2.24, 2.45) is 5.16 Å². The first-order chi connectivity index (χ1) is 2.89. The molecule has 2 radical (unpaired) electrons. The van der Waals surface area contributed by atoms with Crippen molar-refractivity contribution in [1.29, 1.82) is 0 Å². The van der Waals surface area contributed by atoms with Crippen LogP contribution in [0.15, 0.2) is 5.16 Å². The highest BCUT2D eigenvalue weighted by atomic mass is 16.7. The molecule has 0 aromatic carbocycles. The van der Waals surface area contributed by atoms with Crippen LogP contribution in [-0.4, -0.2) is 12.6 Å². The van der Waals surface area contributed by atoms with Crippen LogP contribution in [0, 0.1) is 0 Å². The van der Waals surface area contributed by atoms with Crippen LogP contribution in [0.1, 0.15) is 6.92 Å². The summed E-state index contributed by atoms with van der Waals surface area (Å²) in [7, 11) is 0. The van der Waals surface area contributed by atoms with Crippen LogP contribution < -0.4 is 5.32 Å². The van der Waals surface area contributed by atoms with Gasteiger partial charge in [-0.3, -0.25) is 0 Å². The Hall–Kier alpha value is -0.730. The highest BCUT2D eigenvalue weighted by Gasteiger charge is 2.04. The maximum Gasteiger partial charge on any atom is 0.238 e. The van der Waals surface area contributed by atoms with Gasteiger partial charge in [-0.1, -0.05) is 5.16 Å². The molecule has 1 aliphatic heterocycles. The zero-order chi connectivity index (χ0) is 4.41. The Kier molecular flexibility index (Phi) is 0.670. The Morgan fingerprint density at radius 3 is 2.83 bits per heavy atom. The van der Waals surface area contributed by atoms with Gasteiger partial charge in [0.2, 0.25) is 12.6 Å². The van der Waals surface area contributed by atoms with Crippen molar-refractivity contribution in [2.45, 2.75) is 13.2 Å². The minimum absolute atomic E-state index is 0.106. The smallest absolute Gasteiger partial charge is 0.238 e. The molecule has 1 rings (SSSR count). The molecule has 0 aromatic heterocycles. The summed E-state index contributed by atoms with van der Waals surface area (Å²) in [5.74, 6) is 0. The average molecular weight is 84.1 g/mol. The monoisotopic (exact) mass is 84.0 g/mol. The molecule has 1 heterocycles. The van der Waals surface area contributed by atoms with Crippen molar-refractivity contribution >= 4 is 6.34 Å². The van der Waals surface area contributed by atoms with Gasteiger partial charge in [0.1, 0.15) is 0 Å². The molecule has 0 spiro atoms. The van der Waals surface area contributed by atoms with Crippen LogP contribution in [0.3, 0.4) is 0 Å². The minimum Gasteiger partial charge on any atom is -0.367 e. The maximum absolute atomic E-state index is 4.50. The van der Waals surface area contributed by atoms with E-state index in [0.29, 0.717) is 0 Å². The first-order valence-corrected chi connectivity index (χ1v) is 1.70. The van der Waals surface area contributed by atoms with Gasteiger partial charge in [0.05, 0.1) is 0 Å². The zero-order valence-electron chi connectivity index (χ0n) is 3.38. The van der Waals surface area contributed by atoms with Gasteiger partial charge in [-0.2, -0.15) is 0 Å². The third-order valence-corrected chi connectivity index (χ3v) is 0.486. The molecule has 1 atom stereocenters. The second-order valence-corrected chi connectivity index (χ2v) is 1.03. The third kappa shape index (κ3) is 0.429. The van der Waals surface area contributed by atoms with Gasteiger partial charge in [0.15, 0.2) is 0 Å². The molecule has 3 nitrogen and oxygen atoms in total. The Balaban J connectivity index is 2.32. The summed E-state index contributed by atoms with van der Waals surface area (Å²) in [6.07, 6.45) is 2.19. The van der Waals surface area contributed by atoms with Crippen LogP contribution in [0.4, 0.5) is 0 Å². The van der Waals surface area contributed by atoms with E-state index in [2.05, 4.69) is 21.6 Å². The number of hydrogen-bond acceptors (Lipinski definition) is 2. The van der Waals surface area contributed by atoms with Crippen molar-refractivity contribution in [3.8, 4) is 0 Å². The van der Waals surface area contributed by atoms with Crippen LogP contribution in [0.2, 0.25) is 0 Å². The first-order valence-electron chi connectivity index (χ1n) is 1.70. The fourth-order valence-corrected chi connectivity index (χ4v) is 0.228. The highest BCUT2D eigenvalue weighted by Crippen LogP contribution is 1.90. The zero-order valence-corrected chi connectivity index (χ0v) is 3.38. The van der Waals surface area contributed by atoms with Gasteiger partial charge in [-0.25, -0.2) is 5.32 Å². The fraction of sp³-hybridized carbons (Fsp3) is 0.667. The van der Waals surface area contributed by atoms with E-state index < -0.39 is 0 Å². The summed E-state index contributed by atoms with van der Waals surface area (Å²) in [5.41, 5.74) is 0. The van der Waals surface area contributed by atoms with Gasteiger partial charge in [0, 0.05) is 0 Å². The highest BCUT2D eigenvalue weighted by molar-refractivity contribution is 5.54. The van der Waals surface area contributed by atoms with E-state index in [9.17, 15) is 0 Å². The molecule has 0 N–H and O–H groups in total. The Bertz CT molecular complexity index is 63.2. The van der Waals surface area contributed by atoms with Crippen LogP contribution in [0.25, 0.3) is 0 Å². The normalized spacial score (nSPS) is 29.2.